The van der Waals surface area contributed by atoms with E-state index < -0.39 is 0 Å². The first-order valence-corrected chi connectivity index (χ1v) is 8.17. The molecule has 0 amide bonds. The molecule has 0 heterocycles. The topological polar surface area (TPSA) is 21.3 Å². The summed E-state index contributed by atoms with van der Waals surface area (Å²) in [5, 5.41) is 3.46. The molecule has 1 aliphatic rings. The predicted molar refractivity (Wildman–Crippen MR) is 85.1 cm³/mol. The highest BCUT2D eigenvalue weighted by atomic mass is 19.1. The van der Waals surface area contributed by atoms with E-state index in [9.17, 15) is 4.39 Å². The first kappa shape index (κ1) is 16.3. The number of hydrogen-bond donors (Lipinski definition) is 1. The van der Waals surface area contributed by atoms with Gasteiger partial charge in [0.15, 0.2) is 0 Å². The lowest BCUT2D eigenvalue weighted by molar-refractivity contribution is 0.265. The fraction of sp³-hybridized carbons (Fsp3) is 0.667. The molecule has 1 aliphatic carbocycles. The Morgan fingerprint density at radius 3 is 2.86 bits per heavy atom. The summed E-state index contributed by atoms with van der Waals surface area (Å²) in [6.07, 6.45) is 6.67. The van der Waals surface area contributed by atoms with Crippen molar-refractivity contribution >= 4 is 0 Å². The molecule has 1 aromatic carbocycles. The molecule has 3 unspecified atom stereocenters. The molecule has 0 aliphatic heterocycles. The van der Waals surface area contributed by atoms with E-state index in [0.29, 0.717) is 11.3 Å². The number of halogens is 1. The normalized spacial score (nSPS) is 23.8. The molecule has 2 nitrogen and oxygen atoms in total. The van der Waals surface area contributed by atoms with Crippen molar-refractivity contribution < 1.29 is 9.13 Å². The van der Waals surface area contributed by atoms with E-state index in [-0.39, 0.29) is 11.9 Å². The van der Waals surface area contributed by atoms with Gasteiger partial charge in [0, 0.05) is 17.7 Å². The standard InChI is InChI=1S/C18H28FNO/c1-13-5-4-6-15(11-13)9-10-20-14(2)17-8-7-16(21-3)12-18(17)19/h7-8,12-15,20H,4-6,9-11H2,1-3H3. The third kappa shape index (κ3) is 4.70. The Kier molecular flexibility index (Phi) is 6.04. The third-order valence-corrected chi connectivity index (χ3v) is 4.72. The molecular weight excluding hydrogens is 265 g/mol. The van der Waals surface area contributed by atoms with Gasteiger partial charge in [0.25, 0.3) is 0 Å². The third-order valence-electron chi connectivity index (χ3n) is 4.72. The molecule has 1 saturated carbocycles. The van der Waals surface area contributed by atoms with Crippen LogP contribution in [0.1, 0.15) is 57.6 Å². The number of benzene rings is 1. The van der Waals surface area contributed by atoms with Crippen LogP contribution >= 0.6 is 0 Å². The molecule has 118 valence electrons. The summed E-state index contributed by atoms with van der Waals surface area (Å²) in [5.41, 5.74) is 0.716. The lowest BCUT2D eigenvalue weighted by Crippen LogP contribution is -2.24. The largest absolute Gasteiger partial charge is 0.497 e. The summed E-state index contributed by atoms with van der Waals surface area (Å²) < 4.78 is 19.0. The Morgan fingerprint density at radius 2 is 2.19 bits per heavy atom. The van der Waals surface area contributed by atoms with Gasteiger partial charge in [0.05, 0.1) is 7.11 Å². The van der Waals surface area contributed by atoms with Gasteiger partial charge in [0.2, 0.25) is 0 Å². The van der Waals surface area contributed by atoms with Gasteiger partial charge in [0.1, 0.15) is 11.6 Å². The molecular formula is C18H28FNO. The average molecular weight is 293 g/mol. The van der Waals surface area contributed by atoms with Crippen LogP contribution in [0.15, 0.2) is 18.2 Å². The maximum Gasteiger partial charge on any atom is 0.131 e. The highest BCUT2D eigenvalue weighted by molar-refractivity contribution is 5.30. The second-order valence-corrected chi connectivity index (χ2v) is 6.49. The molecule has 2 rings (SSSR count). The van der Waals surface area contributed by atoms with Crippen LogP contribution in [0.2, 0.25) is 0 Å². The van der Waals surface area contributed by atoms with Crippen molar-refractivity contribution in [3.05, 3.63) is 29.6 Å². The maximum absolute atomic E-state index is 14.0. The molecule has 1 fully saturated rings. The Hall–Kier alpha value is -1.09. The van der Waals surface area contributed by atoms with Crippen molar-refractivity contribution in [1.29, 1.82) is 0 Å². The molecule has 1 aromatic rings. The molecule has 1 N–H and O–H groups in total. The van der Waals surface area contributed by atoms with Crippen molar-refractivity contribution in [2.24, 2.45) is 11.8 Å². The molecule has 21 heavy (non-hydrogen) atoms. The highest BCUT2D eigenvalue weighted by Gasteiger charge is 2.19. The number of rotatable bonds is 6. The van der Waals surface area contributed by atoms with E-state index in [1.165, 1.54) is 38.2 Å². The second kappa shape index (κ2) is 7.79. The summed E-state index contributed by atoms with van der Waals surface area (Å²) in [6, 6.07) is 5.13. The molecule has 0 radical (unpaired) electrons. The van der Waals surface area contributed by atoms with E-state index in [1.807, 2.05) is 19.1 Å². The zero-order chi connectivity index (χ0) is 15.2. The van der Waals surface area contributed by atoms with Gasteiger partial charge in [-0.15, -0.1) is 0 Å². The molecule has 0 saturated heterocycles. The summed E-state index contributed by atoms with van der Waals surface area (Å²) in [4.78, 5) is 0. The number of methoxy groups -OCH3 is 1. The second-order valence-electron chi connectivity index (χ2n) is 6.49. The maximum atomic E-state index is 14.0. The molecule has 3 atom stereocenters. The minimum atomic E-state index is -0.194. The van der Waals surface area contributed by atoms with Gasteiger partial charge in [-0.3, -0.25) is 0 Å². The zero-order valence-electron chi connectivity index (χ0n) is 13.5. The fourth-order valence-electron chi connectivity index (χ4n) is 3.42. The van der Waals surface area contributed by atoms with Gasteiger partial charge < -0.3 is 10.1 Å². The van der Waals surface area contributed by atoms with Crippen molar-refractivity contribution in [3.8, 4) is 5.75 Å². The Balaban J connectivity index is 1.80. The molecule has 3 heteroatoms. The van der Waals surface area contributed by atoms with Crippen LogP contribution in [-0.2, 0) is 0 Å². The quantitative estimate of drug-likeness (QED) is 0.820. The van der Waals surface area contributed by atoms with Crippen LogP contribution < -0.4 is 10.1 Å². The smallest absolute Gasteiger partial charge is 0.131 e. The zero-order valence-corrected chi connectivity index (χ0v) is 13.5. The van der Waals surface area contributed by atoms with E-state index in [4.69, 9.17) is 4.74 Å². The van der Waals surface area contributed by atoms with Crippen molar-refractivity contribution in [2.75, 3.05) is 13.7 Å². The van der Waals surface area contributed by atoms with E-state index >= 15 is 0 Å². The Labute approximate surface area is 128 Å². The van der Waals surface area contributed by atoms with Gasteiger partial charge in [-0.05, 0) is 44.2 Å². The minimum absolute atomic E-state index is 0.0388. The van der Waals surface area contributed by atoms with E-state index in [2.05, 4.69) is 12.2 Å². The first-order chi connectivity index (χ1) is 10.1. The number of hydrogen-bond acceptors (Lipinski definition) is 2. The first-order valence-electron chi connectivity index (χ1n) is 8.17. The molecule has 0 spiro atoms. The SMILES string of the molecule is COc1ccc(C(C)NCCC2CCCC(C)C2)c(F)c1. The number of ether oxygens (including phenoxy) is 1. The molecule has 0 bridgehead atoms. The van der Waals surface area contributed by atoms with E-state index in [0.717, 1.165) is 18.4 Å². The van der Waals surface area contributed by atoms with Crippen LogP contribution in [0.25, 0.3) is 0 Å². The monoisotopic (exact) mass is 293 g/mol. The predicted octanol–water partition coefficient (Wildman–Crippen LogP) is 4.70. The van der Waals surface area contributed by atoms with Crippen LogP contribution in [0.3, 0.4) is 0 Å². The summed E-state index contributed by atoms with van der Waals surface area (Å²) in [6.45, 7) is 5.34. The summed E-state index contributed by atoms with van der Waals surface area (Å²) in [7, 11) is 1.56. The van der Waals surface area contributed by atoms with Crippen LogP contribution in [0, 0.1) is 17.7 Å². The van der Waals surface area contributed by atoms with Crippen LogP contribution in [-0.4, -0.2) is 13.7 Å². The van der Waals surface area contributed by atoms with Crippen molar-refractivity contribution in [1.82, 2.24) is 5.32 Å². The Morgan fingerprint density at radius 1 is 1.38 bits per heavy atom. The van der Waals surface area contributed by atoms with Crippen LogP contribution in [0.4, 0.5) is 4.39 Å². The van der Waals surface area contributed by atoms with Gasteiger partial charge >= 0.3 is 0 Å². The summed E-state index contributed by atoms with van der Waals surface area (Å²) >= 11 is 0. The highest BCUT2D eigenvalue weighted by Crippen LogP contribution is 2.30. The molecule has 0 aromatic heterocycles. The van der Waals surface area contributed by atoms with Gasteiger partial charge in [-0.2, -0.15) is 0 Å². The minimum Gasteiger partial charge on any atom is -0.497 e. The van der Waals surface area contributed by atoms with Crippen molar-refractivity contribution in [2.45, 2.75) is 52.0 Å². The van der Waals surface area contributed by atoms with E-state index in [1.54, 1.807) is 7.11 Å². The van der Waals surface area contributed by atoms with Gasteiger partial charge in [-0.1, -0.05) is 32.3 Å². The summed E-state index contributed by atoms with van der Waals surface area (Å²) in [5.74, 6) is 2.09. The van der Waals surface area contributed by atoms with Crippen molar-refractivity contribution in [3.63, 3.8) is 0 Å². The average Bonchev–Trinajstić information content (AvgIpc) is 2.47. The fourth-order valence-corrected chi connectivity index (χ4v) is 3.42. The lowest BCUT2D eigenvalue weighted by Gasteiger charge is -2.27. The Bertz CT molecular complexity index is 449. The number of nitrogens with one attached hydrogen (secondary N) is 1. The lowest BCUT2D eigenvalue weighted by atomic mass is 9.81. The van der Waals surface area contributed by atoms with Crippen LogP contribution in [0.5, 0.6) is 5.75 Å². The van der Waals surface area contributed by atoms with Gasteiger partial charge in [-0.25, -0.2) is 4.39 Å².